The quantitative estimate of drug-likeness (QED) is 0.812. The summed E-state index contributed by atoms with van der Waals surface area (Å²) in [6, 6.07) is 7.18. The van der Waals surface area contributed by atoms with Gasteiger partial charge in [0.25, 0.3) is 0 Å². The molecule has 3 rings (SSSR count). The Balaban J connectivity index is 1.91. The second kappa shape index (κ2) is 6.64. The lowest BCUT2D eigenvalue weighted by molar-refractivity contribution is -1.04. The number of rotatable bonds is 3. The summed E-state index contributed by atoms with van der Waals surface area (Å²) < 4.78 is 37.3. The summed E-state index contributed by atoms with van der Waals surface area (Å²) in [6.07, 6.45) is -4.26. The number of piperidine rings is 1. The SMILES string of the molecule is O=C(O[N+]1(C2CCNCC2)CC(c2ccccc2)NC1=O)C(F)(F)F. The van der Waals surface area contributed by atoms with E-state index in [0.717, 1.165) is 5.56 Å². The van der Waals surface area contributed by atoms with E-state index in [1.165, 1.54) is 0 Å². The number of urea groups is 1. The van der Waals surface area contributed by atoms with Crippen LogP contribution < -0.4 is 10.6 Å². The number of hydroxylamine groups is 3. The van der Waals surface area contributed by atoms with Crippen LogP contribution in [0.25, 0.3) is 0 Å². The molecule has 9 heteroatoms. The topological polar surface area (TPSA) is 67.4 Å². The summed E-state index contributed by atoms with van der Waals surface area (Å²) >= 11 is 0. The van der Waals surface area contributed by atoms with E-state index in [1.807, 2.05) is 0 Å². The number of hydrogen-bond acceptors (Lipinski definition) is 4. The van der Waals surface area contributed by atoms with Crippen molar-refractivity contribution in [2.45, 2.75) is 31.1 Å². The first-order chi connectivity index (χ1) is 11.8. The third-order valence-corrected chi connectivity index (χ3v) is 4.67. The van der Waals surface area contributed by atoms with E-state index in [9.17, 15) is 22.8 Å². The average molecular weight is 358 g/mol. The molecule has 136 valence electrons. The third kappa shape index (κ3) is 3.47. The number of quaternary nitrogens is 1. The number of carbonyl (C=O) groups excluding carboxylic acids is 2. The number of amides is 2. The number of alkyl halides is 3. The minimum atomic E-state index is -5.15. The van der Waals surface area contributed by atoms with E-state index in [-0.39, 0.29) is 6.54 Å². The Kier molecular flexibility index (Phi) is 4.70. The van der Waals surface area contributed by atoms with Crippen LogP contribution in [-0.2, 0) is 9.63 Å². The van der Waals surface area contributed by atoms with Gasteiger partial charge in [-0.05, 0) is 10.2 Å². The lowest BCUT2D eigenvalue weighted by atomic mass is 10.0. The Labute approximate surface area is 142 Å². The Bertz CT molecular complexity index is 647. The highest BCUT2D eigenvalue weighted by Gasteiger charge is 2.60. The molecule has 0 saturated carbocycles. The van der Waals surface area contributed by atoms with Crippen molar-refractivity contribution in [3.63, 3.8) is 0 Å². The van der Waals surface area contributed by atoms with Crippen molar-refractivity contribution in [2.75, 3.05) is 19.6 Å². The van der Waals surface area contributed by atoms with E-state index in [4.69, 9.17) is 4.84 Å². The van der Waals surface area contributed by atoms with E-state index >= 15 is 0 Å². The van der Waals surface area contributed by atoms with Gasteiger partial charge in [-0.3, -0.25) is 10.2 Å². The molecule has 0 aliphatic carbocycles. The first-order valence-corrected chi connectivity index (χ1v) is 8.08. The molecular formula is C16H19F3N3O3+. The first kappa shape index (κ1) is 17.7. The summed E-state index contributed by atoms with van der Waals surface area (Å²) in [5.74, 6) is -2.34. The molecule has 2 unspecified atom stereocenters. The maximum atomic E-state index is 12.8. The van der Waals surface area contributed by atoms with Crippen LogP contribution in [0.4, 0.5) is 18.0 Å². The van der Waals surface area contributed by atoms with Crippen molar-refractivity contribution in [1.29, 1.82) is 0 Å². The third-order valence-electron chi connectivity index (χ3n) is 4.67. The lowest BCUT2D eigenvalue weighted by Gasteiger charge is -2.36. The van der Waals surface area contributed by atoms with Crippen molar-refractivity contribution in [3.05, 3.63) is 35.9 Å². The zero-order valence-electron chi connectivity index (χ0n) is 13.4. The van der Waals surface area contributed by atoms with Crippen LogP contribution in [-0.4, -0.2) is 48.5 Å². The maximum absolute atomic E-state index is 12.8. The number of benzene rings is 1. The molecule has 2 atom stereocenters. The number of nitrogens with zero attached hydrogens (tertiary/aromatic N) is 1. The summed E-state index contributed by atoms with van der Waals surface area (Å²) in [4.78, 5) is 28.9. The van der Waals surface area contributed by atoms with Gasteiger partial charge in [-0.1, -0.05) is 30.3 Å². The minimum absolute atomic E-state index is 0.0602. The second-order valence-electron chi connectivity index (χ2n) is 6.25. The summed E-state index contributed by atoms with van der Waals surface area (Å²) in [5, 5.41) is 5.78. The van der Waals surface area contributed by atoms with Gasteiger partial charge in [-0.25, -0.2) is 9.59 Å². The monoisotopic (exact) mass is 358 g/mol. The normalized spacial score (nSPS) is 27.8. The van der Waals surface area contributed by atoms with Gasteiger partial charge in [0.2, 0.25) is 0 Å². The van der Waals surface area contributed by atoms with Gasteiger partial charge in [0.05, 0.1) is 0 Å². The molecule has 2 aliphatic rings. The van der Waals surface area contributed by atoms with E-state index < -0.39 is 34.9 Å². The number of carbonyl (C=O) groups is 2. The van der Waals surface area contributed by atoms with Crippen LogP contribution >= 0.6 is 0 Å². The second-order valence-corrected chi connectivity index (χ2v) is 6.25. The van der Waals surface area contributed by atoms with Crippen LogP contribution in [0, 0.1) is 0 Å². The Morgan fingerprint density at radius 2 is 1.80 bits per heavy atom. The molecule has 2 fully saturated rings. The number of hydrogen-bond donors (Lipinski definition) is 2. The predicted molar refractivity (Wildman–Crippen MR) is 80.9 cm³/mol. The highest BCUT2D eigenvalue weighted by Crippen LogP contribution is 2.35. The van der Waals surface area contributed by atoms with E-state index in [1.54, 1.807) is 30.3 Å². The van der Waals surface area contributed by atoms with Gasteiger partial charge < -0.3 is 5.32 Å². The Morgan fingerprint density at radius 1 is 1.16 bits per heavy atom. The van der Waals surface area contributed by atoms with Crippen LogP contribution in [0.15, 0.2) is 30.3 Å². The van der Waals surface area contributed by atoms with Crippen molar-refractivity contribution in [3.8, 4) is 0 Å². The van der Waals surface area contributed by atoms with Crippen molar-refractivity contribution in [1.82, 2.24) is 10.6 Å². The van der Waals surface area contributed by atoms with E-state index in [2.05, 4.69) is 10.6 Å². The van der Waals surface area contributed by atoms with Crippen molar-refractivity contribution < 1.29 is 32.2 Å². The lowest BCUT2D eigenvalue weighted by Crippen LogP contribution is -2.61. The highest BCUT2D eigenvalue weighted by atomic mass is 19.4. The maximum Gasteiger partial charge on any atom is 0.497 e. The van der Waals surface area contributed by atoms with Gasteiger partial charge in [-0.15, -0.1) is 0 Å². The number of nitrogens with one attached hydrogen (secondary N) is 2. The van der Waals surface area contributed by atoms with Crippen LogP contribution in [0.1, 0.15) is 24.4 Å². The van der Waals surface area contributed by atoms with Crippen molar-refractivity contribution in [2.24, 2.45) is 0 Å². The number of halogens is 3. The molecule has 2 saturated heterocycles. The van der Waals surface area contributed by atoms with Gasteiger partial charge in [0, 0.05) is 25.9 Å². The molecule has 0 radical (unpaired) electrons. The smallest absolute Gasteiger partial charge is 0.316 e. The Hall–Kier alpha value is -2.13. The fourth-order valence-electron chi connectivity index (χ4n) is 3.42. The molecule has 1 aromatic carbocycles. The Morgan fingerprint density at radius 3 is 2.40 bits per heavy atom. The molecule has 0 spiro atoms. The predicted octanol–water partition coefficient (Wildman–Crippen LogP) is 2.04. The average Bonchev–Trinajstić information content (AvgIpc) is 2.93. The van der Waals surface area contributed by atoms with Gasteiger partial charge >= 0.3 is 18.2 Å². The van der Waals surface area contributed by atoms with Crippen molar-refractivity contribution >= 4 is 12.0 Å². The molecule has 2 amide bonds. The largest absolute Gasteiger partial charge is 0.497 e. The molecule has 2 N–H and O–H groups in total. The molecule has 0 aromatic heterocycles. The fraction of sp³-hybridized carbons (Fsp3) is 0.500. The summed E-state index contributed by atoms with van der Waals surface area (Å²) in [7, 11) is 0. The minimum Gasteiger partial charge on any atom is -0.316 e. The van der Waals surface area contributed by atoms with Gasteiger partial charge in [-0.2, -0.15) is 13.2 Å². The highest BCUT2D eigenvalue weighted by molar-refractivity contribution is 5.77. The van der Waals surface area contributed by atoms with Crippen LogP contribution in [0.5, 0.6) is 0 Å². The molecule has 2 aliphatic heterocycles. The molecule has 1 aromatic rings. The first-order valence-electron chi connectivity index (χ1n) is 8.08. The molecule has 0 bridgehead atoms. The molecule has 25 heavy (non-hydrogen) atoms. The standard InChI is InChI=1S/C16H18F3N3O3/c17-16(18,19)14(23)25-22(12-6-8-20-9-7-12)10-13(21-15(22)24)11-4-2-1-3-5-11/h1-5,12-13,20H,6-10H2/p+1. The molecule has 6 nitrogen and oxygen atoms in total. The molecule has 2 heterocycles. The zero-order valence-corrected chi connectivity index (χ0v) is 13.4. The molecular weight excluding hydrogens is 339 g/mol. The van der Waals surface area contributed by atoms with E-state index in [0.29, 0.717) is 25.9 Å². The zero-order chi connectivity index (χ0) is 18.1. The fourth-order valence-corrected chi connectivity index (χ4v) is 3.42. The van der Waals surface area contributed by atoms with Crippen LogP contribution in [0.2, 0.25) is 0 Å². The van der Waals surface area contributed by atoms with Crippen LogP contribution in [0.3, 0.4) is 0 Å². The van der Waals surface area contributed by atoms with Gasteiger partial charge in [0.15, 0.2) is 6.54 Å². The van der Waals surface area contributed by atoms with Gasteiger partial charge in [0.1, 0.15) is 12.1 Å². The summed E-state index contributed by atoms with van der Waals surface area (Å²) in [5.41, 5.74) is 0.757. The summed E-state index contributed by atoms with van der Waals surface area (Å²) in [6.45, 7) is 1.05.